The zero-order chi connectivity index (χ0) is 8.27. The van der Waals surface area contributed by atoms with Crippen molar-refractivity contribution in [3.8, 4) is 0 Å². The van der Waals surface area contributed by atoms with Gasteiger partial charge in [0.2, 0.25) is 0 Å². The Morgan fingerprint density at radius 3 is 2.27 bits per heavy atom. The van der Waals surface area contributed by atoms with Crippen molar-refractivity contribution in [2.45, 2.75) is 32.7 Å². The molecule has 0 unspecified atom stereocenters. The molecule has 1 fully saturated rings. The number of halogens is 1. The van der Waals surface area contributed by atoms with E-state index in [-0.39, 0.29) is 0 Å². The molecule has 1 nitrogen and oxygen atoms in total. The molecule has 0 aromatic carbocycles. The number of piperidine rings is 1. The highest BCUT2D eigenvalue weighted by Gasteiger charge is 2.19. The normalized spacial score (nSPS) is 22.9. The molecule has 0 saturated carbocycles. The van der Waals surface area contributed by atoms with Gasteiger partial charge in [-0.15, -0.1) is 11.6 Å². The second-order valence-corrected chi connectivity index (χ2v) is 4.04. The lowest BCUT2D eigenvalue weighted by Gasteiger charge is -2.33. The number of hydrogen-bond acceptors (Lipinski definition) is 1. The van der Waals surface area contributed by atoms with Crippen LogP contribution in [-0.2, 0) is 0 Å². The summed E-state index contributed by atoms with van der Waals surface area (Å²) < 4.78 is 0. The van der Waals surface area contributed by atoms with Gasteiger partial charge in [-0.2, -0.15) is 0 Å². The van der Waals surface area contributed by atoms with E-state index in [1.807, 2.05) is 0 Å². The molecule has 1 heterocycles. The second kappa shape index (κ2) is 4.32. The fourth-order valence-corrected chi connectivity index (χ4v) is 1.93. The fourth-order valence-electron chi connectivity index (χ4n) is 1.62. The van der Waals surface area contributed by atoms with Crippen molar-refractivity contribution in [2.24, 2.45) is 5.92 Å². The predicted octanol–water partition coefficient (Wildman–Crippen LogP) is 2.35. The molecule has 0 amide bonds. The minimum atomic E-state index is 0.714. The molecule has 0 aromatic rings. The molecule has 0 bridgehead atoms. The van der Waals surface area contributed by atoms with Gasteiger partial charge >= 0.3 is 0 Å². The zero-order valence-corrected chi connectivity index (χ0v) is 8.27. The average molecular weight is 176 g/mol. The van der Waals surface area contributed by atoms with E-state index in [1.54, 1.807) is 0 Å². The van der Waals surface area contributed by atoms with Crippen molar-refractivity contribution in [1.29, 1.82) is 0 Å². The molecular weight excluding hydrogens is 158 g/mol. The van der Waals surface area contributed by atoms with Crippen LogP contribution in [0.15, 0.2) is 0 Å². The molecule has 2 heteroatoms. The summed E-state index contributed by atoms with van der Waals surface area (Å²) >= 11 is 5.79. The third-order valence-electron chi connectivity index (χ3n) is 2.60. The van der Waals surface area contributed by atoms with Gasteiger partial charge in [-0.05, 0) is 45.7 Å². The van der Waals surface area contributed by atoms with E-state index in [0.29, 0.717) is 6.04 Å². The maximum Gasteiger partial charge on any atom is 0.0252 e. The van der Waals surface area contributed by atoms with E-state index < -0.39 is 0 Å². The van der Waals surface area contributed by atoms with Crippen LogP contribution in [0.1, 0.15) is 26.7 Å². The number of nitrogens with zero attached hydrogens (tertiary/aromatic N) is 1. The van der Waals surface area contributed by atoms with E-state index >= 15 is 0 Å². The molecule has 0 radical (unpaired) electrons. The summed E-state index contributed by atoms with van der Waals surface area (Å²) in [6.07, 6.45) is 2.59. The summed E-state index contributed by atoms with van der Waals surface area (Å²) in [5.74, 6) is 1.64. The van der Waals surface area contributed by atoms with Crippen molar-refractivity contribution >= 4 is 11.6 Å². The lowest BCUT2D eigenvalue weighted by atomic mass is 9.98. The number of rotatable bonds is 2. The van der Waals surface area contributed by atoms with Gasteiger partial charge in [0.25, 0.3) is 0 Å². The molecule has 0 atom stereocenters. The minimum Gasteiger partial charge on any atom is -0.301 e. The maximum atomic E-state index is 5.79. The van der Waals surface area contributed by atoms with Crippen LogP contribution in [0.5, 0.6) is 0 Å². The molecule has 1 saturated heterocycles. The van der Waals surface area contributed by atoms with Crippen LogP contribution in [0, 0.1) is 5.92 Å². The Morgan fingerprint density at radius 2 is 1.91 bits per heavy atom. The largest absolute Gasteiger partial charge is 0.301 e. The van der Waals surface area contributed by atoms with E-state index in [2.05, 4.69) is 18.7 Å². The van der Waals surface area contributed by atoms with Gasteiger partial charge in [0.1, 0.15) is 0 Å². The first-order valence-electron chi connectivity index (χ1n) is 4.54. The molecular formula is C9H18ClN. The third-order valence-corrected chi connectivity index (χ3v) is 3.03. The monoisotopic (exact) mass is 175 g/mol. The van der Waals surface area contributed by atoms with E-state index in [0.717, 1.165) is 11.8 Å². The van der Waals surface area contributed by atoms with Crippen LogP contribution in [0.3, 0.4) is 0 Å². The Kier molecular flexibility index (Phi) is 3.67. The first-order valence-corrected chi connectivity index (χ1v) is 5.07. The molecule has 0 aromatic heterocycles. The number of alkyl halides is 1. The van der Waals surface area contributed by atoms with Crippen molar-refractivity contribution in [1.82, 2.24) is 4.90 Å². The van der Waals surface area contributed by atoms with Crippen LogP contribution < -0.4 is 0 Å². The maximum absolute atomic E-state index is 5.79. The number of likely N-dealkylation sites (tertiary alicyclic amines) is 1. The predicted molar refractivity (Wildman–Crippen MR) is 50.2 cm³/mol. The van der Waals surface area contributed by atoms with Crippen LogP contribution in [0.25, 0.3) is 0 Å². The Morgan fingerprint density at radius 1 is 1.36 bits per heavy atom. The topological polar surface area (TPSA) is 3.24 Å². The molecule has 0 N–H and O–H groups in total. The van der Waals surface area contributed by atoms with Gasteiger partial charge in [-0.1, -0.05) is 0 Å². The minimum absolute atomic E-state index is 0.714. The van der Waals surface area contributed by atoms with Gasteiger partial charge in [0.05, 0.1) is 0 Å². The smallest absolute Gasteiger partial charge is 0.0252 e. The van der Waals surface area contributed by atoms with Crippen LogP contribution in [-0.4, -0.2) is 29.9 Å². The second-order valence-electron chi connectivity index (χ2n) is 3.73. The average Bonchev–Trinajstić information content (AvgIpc) is 2.05. The fraction of sp³-hybridized carbons (Fsp3) is 1.00. The van der Waals surface area contributed by atoms with Gasteiger partial charge in [0.15, 0.2) is 0 Å². The highest BCUT2D eigenvalue weighted by Crippen LogP contribution is 2.19. The highest BCUT2D eigenvalue weighted by atomic mass is 35.5. The summed E-state index contributed by atoms with van der Waals surface area (Å²) in [6, 6.07) is 0.714. The Bertz CT molecular complexity index is 106. The van der Waals surface area contributed by atoms with E-state index in [9.17, 15) is 0 Å². The molecule has 66 valence electrons. The summed E-state index contributed by atoms with van der Waals surface area (Å²) in [7, 11) is 0. The van der Waals surface area contributed by atoms with E-state index in [4.69, 9.17) is 11.6 Å². The molecule has 0 aliphatic carbocycles. The summed E-state index contributed by atoms with van der Waals surface area (Å²) in [4.78, 5) is 2.53. The van der Waals surface area contributed by atoms with Crippen LogP contribution in [0.4, 0.5) is 0 Å². The van der Waals surface area contributed by atoms with Gasteiger partial charge in [-0.3, -0.25) is 0 Å². The lowest BCUT2D eigenvalue weighted by molar-refractivity contribution is 0.157. The van der Waals surface area contributed by atoms with Crippen LogP contribution >= 0.6 is 11.6 Å². The van der Waals surface area contributed by atoms with Crippen molar-refractivity contribution in [2.75, 3.05) is 19.0 Å². The Balaban J connectivity index is 2.24. The van der Waals surface area contributed by atoms with Gasteiger partial charge in [0, 0.05) is 11.9 Å². The summed E-state index contributed by atoms with van der Waals surface area (Å²) in [5, 5.41) is 0. The molecule has 1 aliphatic rings. The SMILES string of the molecule is CC(C)N1CCC(CCl)CC1. The first-order chi connectivity index (χ1) is 5.24. The summed E-state index contributed by atoms with van der Waals surface area (Å²) in [5.41, 5.74) is 0. The Labute approximate surface area is 74.7 Å². The highest BCUT2D eigenvalue weighted by molar-refractivity contribution is 6.18. The Hall–Kier alpha value is 0.250. The van der Waals surface area contributed by atoms with Gasteiger partial charge < -0.3 is 4.90 Å². The lowest BCUT2D eigenvalue weighted by Crippen LogP contribution is -2.38. The van der Waals surface area contributed by atoms with Crippen molar-refractivity contribution in [3.05, 3.63) is 0 Å². The standard InChI is InChI=1S/C9H18ClN/c1-8(2)11-5-3-9(7-10)4-6-11/h8-9H,3-7H2,1-2H3. The number of hydrogen-bond donors (Lipinski definition) is 0. The van der Waals surface area contributed by atoms with Crippen molar-refractivity contribution < 1.29 is 0 Å². The third kappa shape index (κ3) is 2.64. The molecule has 1 rings (SSSR count). The first kappa shape index (κ1) is 9.34. The molecule has 11 heavy (non-hydrogen) atoms. The van der Waals surface area contributed by atoms with E-state index in [1.165, 1.54) is 25.9 Å². The molecule has 1 aliphatic heterocycles. The van der Waals surface area contributed by atoms with Crippen LogP contribution in [0.2, 0.25) is 0 Å². The van der Waals surface area contributed by atoms with Crippen molar-refractivity contribution in [3.63, 3.8) is 0 Å². The summed E-state index contributed by atoms with van der Waals surface area (Å²) in [6.45, 7) is 7.02. The van der Waals surface area contributed by atoms with Gasteiger partial charge in [-0.25, -0.2) is 0 Å². The quantitative estimate of drug-likeness (QED) is 0.583. The molecule has 0 spiro atoms. The zero-order valence-electron chi connectivity index (χ0n) is 7.52.